The molecule has 2 aliphatic heterocycles. The molecule has 1 amide bonds. The number of nitrogens with zero attached hydrogens (tertiary/aromatic N) is 2. The minimum atomic E-state index is -4.63. The number of benzene rings is 2. The number of anilines is 1. The molecule has 2 aromatic rings. The van der Waals surface area contributed by atoms with Gasteiger partial charge in [0, 0.05) is 5.25 Å². The lowest BCUT2D eigenvalue weighted by molar-refractivity contribution is -0.137. The standard InChI is InChI=1S/C20H17F3N2O3S2/c21-20(22,23)14-8-4-5-9-15(14)25-16-11-30(27,28)12-17(16)29-19(25)24-18(26)10-13-6-2-1-3-7-13/h1-9,16-17H,10-12H2/t16-,17+/m1/s1. The number of rotatable bonds is 3. The molecule has 0 unspecified atom stereocenters. The van der Waals surface area contributed by atoms with Crippen LogP contribution in [0.4, 0.5) is 18.9 Å². The zero-order chi connectivity index (χ0) is 21.5. The summed E-state index contributed by atoms with van der Waals surface area (Å²) in [5.41, 5.74) is -0.341. The Morgan fingerprint density at radius 2 is 1.73 bits per heavy atom. The highest BCUT2D eigenvalue weighted by molar-refractivity contribution is 8.16. The second-order valence-electron chi connectivity index (χ2n) is 7.14. The molecule has 0 saturated carbocycles. The number of hydrogen-bond acceptors (Lipinski definition) is 4. The maximum Gasteiger partial charge on any atom is 0.418 e. The fourth-order valence-corrected chi connectivity index (χ4v) is 7.61. The number of para-hydroxylation sites is 1. The zero-order valence-corrected chi connectivity index (χ0v) is 17.2. The number of alkyl halides is 3. The lowest BCUT2D eigenvalue weighted by atomic mass is 10.1. The Hall–Kier alpha value is -2.33. The zero-order valence-electron chi connectivity index (χ0n) is 15.5. The van der Waals surface area contributed by atoms with Crippen LogP contribution < -0.4 is 4.90 Å². The van der Waals surface area contributed by atoms with Gasteiger partial charge in [-0.2, -0.15) is 18.2 Å². The van der Waals surface area contributed by atoms with Crippen molar-refractivity contribution >= 4 is 38.4 Å². The molecule has 0 aliphatic carbocycles. The fraction of sp³-hybridized carbons (Fsp3) is 0.300. The van der Waals surface area contributed by atoms with Crippen molar-refractivity contribution in [2.24, 2.45) is 4.99 Å². The summed E-state index contributed by atoms with van der Waals surface area (Å²) in [5.74, 6) is -0.928. The summed E-state index contributed by atoms with van der Waals surface area (Å²) in [6.45, 7) is 0. The largest absolute Gasteiger partial charge is 0.418 e. The number of halogens is 3. The molecule has 2 aliphatic rings. The first kappa shape index (κ1) is 20.9. The van der Waals surface area contributed by atoms with E-state index in [9.17, 15) is 26.4 Å². The van der Waals surface area contributed by atoms with E-state index in [0.29, 0.717) is 0 Å². The third-order valence-corrected chi connectivity index (χ3v) is 8.16. The van der Waals surface area contributed by atoms with E-state index in [2.05, 4.69) is 4.99 Å². The molecule has 30 heavy (non-hydrogen) atoms. The fourth-order valence-electron chi connectivity index (χ4n) is 3.69. The highest BCUT2D eigenvalue weighted by atomic mass is 32.2. The highest BCUT2D eigenvalue weighted by Crippen LogP contribution is 2.45. The number of fused-ring (bicyclic) bond motifs is 1. The molecule has 0 aromatic heterocycles. The first-order chi connectivity index (χ1) is 14.1. The molecule has 2 fully saturated rings. The molecule has 2 saturated heterocycles. The Balaban J connectivity index is 1.73. The predicted molar refractivity (Wildman–Crippen MR) is 110 cm³/mol. The normalized spacial score (nSPS) is 24.2. The van der Waals surface area contributed by atoms with Crippen molar-refractivity contribution in [1.82, 2.24) is 0 Å². The number of amides is 1. The van der Waals surface area contributed by atoms with Crippen LogP contribution in [0.15, 0.2) is 59.6 Å². The third kappa shape index (κ3) is 4.24. The van der Waals surface area contributed by atoms with Gasteiger partial charge in [0.15, 0.2) is 15.0 Å². The highest BCUT2D eigenvalue weighted by Gasteiger charge is 2.51. The Morgan fingerprint density at radius 3 is 2.43 bits per heavy atom. The molecule has 0 spiro atoms. The van der Waals surface area contributed by atoms with E-state index in [0.717, 1.165) is 23.4 Å². The number of hydrogen-bond donors (Lipinski definition) is 0. The predicted octanol–water partition coefficient (Wildman–Crippen LogP) is 3.55. The number of amidine groups is 1. The lowest BCUT2D eigenvalue weighted by Gasteiger charge is -2.27. The first-order valence-electron chi connectivity index (χ1n) is 9.12. The van der Waals surface area contributed by atoms with E-state index < -0.39 is 38.8 Å². The summed E-state index contributed by atoms with van der Waals surface area (Å²) < 4.78 is 65.1. The van der Waals surface area contributed by atoms with Crippen LogP contribution in [-0.2, 0) is 27.2 Å². The van der Waals surface area contributed by atoms with Gasteiger partial charge in [-0.1, -0.05) is 54.2 Å². The van der Waals surface area contributed by atoms with Gasteiger partial charge in [0.25, 0.3) is 5.91 Å². The van der Waals surface area contributed by atoms with E-state index in [1.807, 2.05) is 6.07 Å². The average molecular weight is 454 g/mol. The van der Waals surface area contributed by atoms with E-state index in [4.69, 9.17) is 0 Å². The summed E-state index contributed by atoms with van der Waals surface area (Å²) in [4.78, 5) is 17.9. The smallest absolute Gasteiger partial charge is 0.315 e. The van der Waals surface area contributed by atoms with E-state index >= 15 is 0 Å². The number of aliphatic imine (C=N–C) groups is 1. The molecular formula is C20H17F3N2O3S2. The molecule has 10 heteroatoms. The van der Waals surface area contributed by atoms with Crippen molar-refractivity contribution in [1.29, 1.82) is 0 Å². The summed E-state index contributed by atoms with van der Waals surface area (Å²) >= 11 is 1.05. The van der Waals surface area contributed by atoms with E-state index in [1.54, 1.807) is 24.3 Å². The summed E-state index contributed by atoms with van der Waals surface area (Å²) in [6.07, 6.45) is -4.62. The van der Waals surface area contributed by atoms with Crippen LogP contribution in [0.1, 0.15) is 11.1 Å². The quantitative estimate of drug-likeness (QED) is 0.710. The van der Waals surface area contributed by atoms with Crippen LogP contribution >= 0.6 is 11.8 Å². The van der Waals surface area contributed by atoms with Crippen LogP contribution in [0.3, 0.4) is 0 Å². The van der Waals surface area contributed by atoms with Crippen molar-refractivity contribution in [3.8, 4) is 0 Å². The summed E-state index contributed by atoms with van der Waals surface area (Å²) in [7, 11) is -3.38. The molecule has 5 nitrogen and oxygen atoms in total. The first-order valence-corrected chi connectivity index (χ1v) is 11.8. The summed E-state index contributed by atoms with van der Waals surface area (Å²) in [5, 5.41) is -0.364. The van der Waals surface area contributed by atoms with Crippen LogP contribution in [0, 0.1) is 0 Å². The molecule has 2 aromatic carbocycles. The van der Waals surface area contributed by atoms with Gasteiger partial charge in [-0.25, -0.2) is 8.42 Å². The van der Waals surface area contributed by atoms with Crippen molar-refractivity contribution < 1.29 is 26.4 Å². The molecule has 0 bridgehead atoms. The van der Waals surface area contributed by atoms with E-state index in [-0.39, 0.29) is 28.8 Å². The molecular weight excluding hydrogens is 437 g/mol. The van der Waals surface area contributed by atoms with Gasteiger partial charge >= 0.3 is 6.18 Å². The minimum absolute atomic E-state index is 0.00723. The SMILES string of the molecule is O=C(Cc1ccccc1)N=C1S[C@H]2CS(=O)(=O)C[C@H]2N1c1ccccc1C(F)(F)F. The van der Waals surface area contributed by atoms with Crippen molar-refractivity contribution in [3.05, 3.63) is 65.7 Å². The summed E-state index contributed by atoms with van der Waals surface area (Å²) in [6, 6.07) is 13.1. The molecule has 2 heterocycles. The Kier molecular flexibility index (Phi) is 5.39. The van der Waals surface area contributed by atoms with Gasteiger partial charge in [-0.05, 0) is 17.7 Å². The number of carbonyl (C=O) groups excluding carboxylic acids is 1. The topological polar surface area (TPSA) is 66.8 Å². The average Bonchev–Trinajstić information content (AvgIpc) is 3.12. The lowest BCUT2D eigenvalue weighted by Crippen LogP contribution is -2.39. The van der Waals surface area contributed by atoms with Gasteiger partial charge in [0.05, 0.1) is 35.2 Å². The van der Waals surface area contributed by atoms with Crippen LogP contribution in [0.5, 0.6) is 0 Å². The number of sulfone groups is 1. The van der Waals surface area contributed by atoms with Gasteiger partial charge in [0.1, 0.15) is 0 Å². The molecule has 4 rings (SSSR count). The maximum atomic E-state index is 13.6. The van der Waals surface area contributed by atoms with Crippen molar-refractivity contribution in [2.75, 3.05) is 16.4 Å². The monoisotopic (exact) mass is 454 g/mol. The van der Waals surface area contributed by atoms with Crippen LogP contribution in [0.25, 0.3) is 0 Å². The van der Waals surface area contributed by atoms with Crippen molar-refractivity contribution in [3.63, 3.8) is 0 Å². The molecule has 2 atom stereocenters. The van der Waals surface area contributed by atoms with Crippen molar-refractivity contribution in [2.45, 2.75) is 23.9 Å². The van der Waals surface area contributed by atoms with Gasteiger partial charge in [-0.3, -0.25) is 4.79 Å². The number of carbonyl (C=O) groups is 1. The minimum Gasteiger partial charge on any atom is -0.315 e. The number of thioether (sulfide) groups is 1. The Morgan fingerprint density at radius 1 is 1.07 bits per heavy atom. The molecule has 0 radical (unpaired) electrons. The van der Waals surface area contributed by atoms with Gasteiger partial charge in [0.2, 0.25) is 0 Å². The van der Waals surface area contributed by atoms with Gasteiger partial charge in [-0.15, -0.1) is 0 Å². The second-order valence-corrected chi connectivity index (χ2v) is 10.5. The van der Waals surface area contributed by atoms with Gasteiger partial charge < -0.3 is 4.90 Å². The molecule has 0 N–H and O–H groups in total. The van der Waals surface area contributed by atoms with Crippen LogP contribution in [-0.4, -0.2) is 42.3 Å². The van der Waals surface area contributed by atoms with E-state index in [1.165, 1.54) is 23.1 Å². The Labute approximate surface area is 175 Å². The third-order valence-electron chi connectivity index (χ3n) is 4.95. The maximum absolute atomic E-state index is 13.6. The van der Waals surface area contributed by atoms with Crippen LogP contribution in [0.2, 0.25) is 0 Å². The Bertz CT molecular complexity index is 1100. The molecule has 158 valence electrons. The second kappa shape index (κ2) is 7.73.